The minimum atomic E-state index is -3.61. The van der Waals surface area contributed by atoms with Crippen molar-refractivity contribution in [3.8, 4) is 0 Å². The Labute approximate surface area is 174 Å². The second kappa shape index (κ2) is 10.1. The van der Waals surface area contributed by atoms with Crippen LogP contribution in [0.4, 0.5) is 0 Å². The summed E-state index contributed by atoms with van der Waals surface area (Å²) >= 11 is 6.11. The molecule has 0 saturated carbocycles. The van der Waals surface area contributed by atoms with E-state index in [0.717, 1.165) is 48.6 Å². The molecule has 0 radical (unpaired) electrons. The molecule has 1 amide bonds. The summed E-state index contributed by atoms with van der Waals surface area (Å²) < 4.78 is 25.6. The molecule has 1 aliphatic heterocycles. The molecule has 8 heteroatoms. The van der Waals surface area contributed by atoms with Crippen molar-refractivity contribution < 1.29 is 13.2 Å². The Morgan fingerprint density at radius 3 is 2.46 bits per heavy atom. The van der Waals surface area contributed by atoms with E-state index >= 15 is 0 Å². The molecule has 1 heterocycles. The lowest BCUT2D eigenvalue weighted by molar-refractivity contribution is 0.0951. The molecule has 0 spiro atoms. The number of piperidine rings is 1. The number of sulfonamides is 1. The van der Waals surface area contributed by atoms with Crippen LogP contribution in [-0.4, -0.2) is 63.8 Å². The molecule has 1 N–H and O–H groups in total. The van der Waals surface area contributed by atoms with Gasteiger partial charge in [-0.1, -0.05) is 25.4 Å². The van der Waals surface area contributed by atoms with Gasteiger partial charge in [-0.3, -0.25) is 4.79 Å². The minimum Gasteiger partial charge on any atom is -0.352 e. The second-order valence-electron chi connectivity index (χ2n) is 8.10. The molecule has 158 valence electrons. The third-order valence-electron chi connectivity index (χ3n) is 5.09. The number of amides is 1. The summed E-state index contributed by atoms with van der Waals surface area (Å²) in [5.74, 6) is 1.15. The molecule has 2 unspecified atom stereocenters. The molecule has 2 rings (SSSR count). The summed E-state index contributed by atoms with van der Waals surface area (Å²) in [4.78, 5) is 15.0. The first-order chi connectivity index (χ1) is 13.1. The number of carbonyl (C=O) groups is 1. The van der Waals surface area contributed by atoms with E-state index < -0.39 is 10.0 Å². The Morgan fingerprint density at radius 1 is 1.21 bits per heavy atom. The summed E-state index contributed by atoms with van der Waals surface area (Å²) in [6.07, 6.45) is 3.19. The van der Waals surface area contributed by atoms with E-state index in [1.54, 1.807) is 0 Å². The van der Waals surface area contributed by atoms with Gasteiger partial charge in [-0.2, -0.15) is 0 Å². The average molecular weight is 430 g/mol. The zero-order valence-corrected chi connectivity index (χ0v) is 18.8. The zero-order chi connectivity index (χ0) is 20.9. The number of likely N-dealkylation sites (tertiary alicyclic amines) is 1. The maximum atomic E-state index is 12.5. The highest BCUT2D eigenvalue weighted by Gasteiger charge is 2.22. The van der Waals surface area contributed by atoms with E-state index in [1.807, 2.05) is 0 Å². The second-order valence-corrected chi connectivity index (χ2v) is 10.7. The molecule has 0 aliphatic carbocycles. The average Bonchev–Trinajstić information content (AvgIpc) is 2.60. The molecule has 2 atom stereocenters. The molecule has 0 aromatic heterocycles. The van der Waals surface area contributed by atoms with Crippen LogP contribution >= 0.6 is 11.6 Å². The summed E-state index contributed by atoms with van der Waals surface area (Å²) in [7, 11) is -0.707. The maximum Gasteiger partial charge on any atom is 0.252 e. The van der Waals surface area contributed by atoms with Crippen molar-refractivity contribution >= 4 is 27.5 Å². The fourth-order valence-corrected chi connectivity index (χ4v) is 4.91. The molecule has 0 bridgehead atoms. The van der Waals surface area contributed by atoms with Crippen LogP contribution in [0.25, 0.3) is 0 Å². The summed E-state index contributed by atoms with van der Waals surface area (Å²) in [6, 6.07) is 4.20. The number of hydrogen-bond acceptors (Lipinski definition) is 4. The highest BCUT2D eigenvalue weighted by atomic mass is 35.5. The lowest BCUT2D eigenvalue weighted by atomic mass is 9.92. The normalized spacial score (nSPS) is 21.1. The monoisotopic (exact) mass is 429 g/mol. The van der Waals surface area contributed by atoms with Crippen molar-refractivity contribution in [2.24, 2.45) is 11.8 Å². The third kappa shape index (κ3) is 6.17. The first-order valence-corrected chi connectivity index (χ1v) is 11.7. The first-order valence-electron chi connectivity index (χ1n) is 9.84. The van der Waals surface area contributed by atoms with Crippen molar-refractivity contribution in [3.63, 3.8) is 0 Å². The zero-order valence-electron chi connectivity index (χ0n) is 17.2. The van der Waals surface area contributed by atoms with Gasteiger partial charge in [0, 0.05) is 33.7 Å². The van der Waals surface area contributed by atoms with Crippen LogP contribution in [0.15, 0.2) is 23.1 Å². The molecule has 1 saturated heterocycles. The predicted octanol–water partition coefficient (Wildman–Crippen LogP) is 3.08. The van der Waals surface area contributed by atoms with Crippen LogP contribution in [-0.2, 0) is 10.0 Å². The van der Waals surface area contributed by atoms with Crippen molar-refractivity contribution in [2.45, 2.75) is 38.0 Å². The minimum absolute atomic E-state index is 0.0559. The fourth-order valence-electron chi connectivity index (χ4n) is 3.78. The number of nitrogens with zero attached hydrogens (tertiary/aromatic N) is 2. The van der Waals surface area contributed by atoms with E-state index in [-0.39, 0.29) is 21.4 Å². The van der Waals surface area contributed by atoms with Gasteiger partial charge >= 0.3 is 0 Å². The lowest BCUT2D eigenvalue weighted by Gasteiger charge is -2.34. The van der Waals surface area contributed by atoms with Crippen LogP contribution in [0.1, 0.15) is 43.5 Å². The number of carbonyl (C=O) groups excluding carboxylic acids is 1. The quantitative estimate of drug-likeness (QED) is 0.644. The predicted molar refractivity (Wildman–Crippen MR) is 113 cm³/mol. The summed E-state index contributed by atoms with van der Waals surface area (Å²) in [5.41, 5.74) is 0.184. The Hall–Kier alpha value is -1.15. The molecule has 1 aromatic rings. The van der Waals surface area contributed by atoms with E-state index in [1.165, 1.54) is 38.7 Å². The van der Waals surface area contributed by atoms with Crippen LogP contribution in [0.2, 0.25) is 5.02 Å². The number of unbranched alkanes of at least 4 members (excludes halogenated alkanes) is 1. The standard InChI is InChI=1S/C20H32ClN3O3S/c1-15-11-16(2)14-24(13-15)10-6-5-9-22-20(25)18-12-17(7-8-19(18)21)28(26,27)23(3)4/h7-8,12,15-16H,5-6,9-11,13-14H2,1-4H3,(H,22,25). The third-order valence-corrected chi connectivity index (χ3v) is 7.23. The lowest BCUT2D eigenvalue weighted by Crippen LogP contribution is -2.39. The molecule has 1 aromatic carbocycles. The van der Waals surface area contributed by atoms with Crippen molar-refractivity contribution in [2.75, 3.05) is 40.3 Å². The van der Waals surface area contributed by atoms with Gasteiger partial charge in [0.05, 0.1) is 15.5 Å². The molecule has 28 heavy (non-hydrogen) atoms. The largest absolute Gasteiger partial charge is 0.352 e. The Bertz CT molecular complexity index is 773. The molecule has 1 fully saturated rings. The van der Waals surface area contributed by atoms with Crippen molar-refractivity contribution in [1.29, 1.82) is 0 Å². The SMILES string of the molecule is CC1CC(C)CN(CCCCNC(=O)c2cc(S(=O)(=O)N(C)C)ccc2Cl)C1. The summed E-state index contributed by atoms with van der Waals surface area (Å²) in [6.45, 7) is 8.49. The van der Waals surface area contributed by atoms with Gasteiger partial charge in [-0.05, 0) is 55.8 Å². The van der Waals surface area contributed by atoms with Gasteiger partial charge in [-0.15, -0.1) is 0 Å². The number of hydrogen-bond donors (Lipinski definition) is 1. The number of halogens is 1. The Kier molecular flexibility index (Phi) is 8.30. The molecule has 1 aliphatic rings. The Morgan fingerprint density at radius 2 is 1.86 bits per heavy atom. The van der Waals surface area contributed by atoms with Crippen LogP contribution in [0.5, 0.6) is 0 Å². The topological polar surface area (TPSA) is 69.7 Å². The van der Waals surface area contributed by atoms with Crippen LogP contribution < -0.4 is 5.32 Å². The number of nitrogens with one attached hydrogen (secondary N) is 1. The molecular weight excluding hydrogens is 398 g/mol. The van der Waals surface area contributed by atoms with E-state index in [9.17, 15) is 13.2 Å². The molecule has 6 nitrogen and oxygen atoms in total. The highest BCUT2D eigenvalue weighted by molar-refractivity contribution is 7.89. The van der Waals surface area contributed by atoms with Gasteiger partial charge in [0.25, 0.3) is 5.91 Å². The van der Waals surface area contributed by atoms with Gasteiger partial charge in [-0.25, -0.2) is 12.7 Å². The smallest absolute Gasteiger partial charge is 0.252 e. The summed E-state index contributed by atoms with van der Waals surface area (Å²) in [5, 5.41) is 3.09. The first kappa shape index (κ1) is 23.1. The van der Waals surface area contributed by atoms with Gasteiger partial charge in [0.15, 0.2) is 0 Å². The van der Waals surface area contributed by atoms with Crippen molar-refractivity contribution in [1.82, 2.24) is 14.5 Å². The van der Waals surface area contributed by atoms with Crippen molar-refractivity contribution in [3.05, 3.63) is 28.8 Å². The van der Waals surface area contributed by atoms with Crippen LogP contribution in [0.3, 0.4) is 0 Å². The Balaban J connectivity index is 1.85. The van der Waals surface area contributed by atoms with E-state index in [2.05, 4.69) is 24.1 Å². The number of benzene rings is 1. The van der Waals surface area contributed by atoms with Crippen LogP contribution in [0, 0.1) is 11.8 Å². The van der Waals surface area contributed by atoms with E-state index in [4.69, 9.17) is 11.6 Å². The maximum absolute atomic E-state index is 12.5. The van der Waals surface area contributed by atoms with E-state index in [0.29, 0.717) is 6.54 Å². The van der Waals surface area contributed by atoms with Gasteiger partial charge in [0.2, 0.25) is 10.0 Å². The fraction of sp³-hybridized carbons (Fsp3) is 0.650. The van der Waals surface area contributed by atoms with Gasteiger partial charge < -0.3 is 10.2 Å². The number of rotatable bonds is 8. The van der Waals surface area contributed by atoms with Gasteiger partial charge in [0.1, 0.15) is 0 Å². The highest BCUT2D eigenvalue weighted by Crippen LogP contribution is 2.23. The molecular formula is C20H32ClN3O3S.